The molecule has 0 aromatic heterocycles. The molecule has 0 heterocycles. The summed E-state index contributed by atoms with van der Waals surface area (Å²) in [7, 11) is -0.182. The Morgan fingerprint density at radius 3 is 2.58 bits per heavy atom. The van der Waals surface area contributed by atoms with Crippen LogP contribution in [0, 0.1) is 0 Å². The molecule has 0 atom stereocenters. The summed E-state index contributed by atoms with van der Waals surface area (Å²) in [4.78, 5) is 0.186. The maximum Gasteiger partial charge on any atom is 0.241 e. The van der Waals surface area contributed by atoms with Gasteiger partial charge in [0, 0.05) is 17.1 Å². The Hall–Kier alpha value is -0.340. The van der Waals surface area contributed by atoms with Crippen molar-refractivity contribution in [3.63, 3.8) is 0 Å². The highest BCUT2D eigenvalue weighted by atomic mass is 79.9. The van der Waals surface area contributed by atoms with E-state index in [-0.39, 0.29) is 17.3 Å². The first kappa shape index (κ1) is 18.7. The summed E-state index contributed by atoms with van der Waals surface area (Å²) < 4.78 is 32.2. The molecule has 0 fully saturated rings. The molecule has 0 aliphatic carbocycles. The first-order chi connectivity index (χ1) is 8.51. The SMILES string of the molecule is CNCCCNS(=O)(=O)c1cc(OC)ccc1Br.Cl. The maximum atomic E-state index is 12.1. The molecule has 5 nitrogen and oxygen atoms in total. The van der Waals surface area contributed by atoms with Crippen molar-refractivity contribution in [1.82, 2.24) is 10.0 Å². The van der Waals surface area contributed by atoms with Gasteiger partial charge in [-0.15, -0.1) is 12.4 Å². The fourth-order valence-electron chi connectivity index (χ4n) is 1.37. The minimum absolute atomic E-state index is 0. The molecule has 1 aromatic rings. The lowest BCUT2D eigenvalue weighted by Gasteiger charge is -2.09. The predicted octanol–water partition coefficient (Wildman–Crippen LogP) is 1.77. The van der Waals surface area contributed by atoms with E-state index in [9.17, 15) is 8.42 Å². The lowest BCUT2D eigenvalue weighted by atomic mass is 10.3. The Balaban J connectivity index is 0.00000324. The number of halogens is 2. The summed E-state index contributed by atoms with van der Waals surface area (Å²) in [5.41, 5.74) is 0. The zero-order chi connectivity index (χ0) is 13.6. The number of rotatable bonds is 7. The lowest BCUT2D eigenvalue weighted by Crippen LogP contribution is -2.27. The number of nitrogens with one attached hydrogen (secondary N) is 2. The highest BCUT2D eigenvalue weighted by molar-refractivity contribution is 9.10. The molecule has 0 bridgehead atoms. The van der Waals surface area contributed by atoms with Gasteiger partial charge in [-0.2, -0.15) is 0 Å². The summed E-state index contributed by atoms with van der Waals surface area (Å²) >= 11 is 3.23. The van der Waals surface area contributed by atoms with Crippen molar-refractivity contribution in [1.29, 1.82) is 0 Å². The van der Waals surface area contributed by atoms with E-state index in [1.807, 2.05) is 7.05 Å². The van der Waals surface area contributed by atoms with Gasteiger partial charge in [-0.05, 0) is 48.1 Å². The fraction of sp³-hybridized carbons (Fsp3) is 0.455. The molecular formula is C11H18BrClN2O3S. The number of benzene rings is 1. The normalized spacial score (nSPS) is 10.9. The maximum absolute atomic E-state index is 12.1. The van der Waals surface area contributed by atoms with E-state index in [0.29, 0.717) is 16.8 Å². The van der Waals surface area contributed by atoms with Crippen molar-refractivity contribution in [3.8, 4) is 5.75 Å². The Morgan fingerprint density at radius 1 is 1.32 bits per heavy atom. The van der Waals surface area contributed by atoms with Crippen LogP contribution in [-0.4, -0.2) is 35.7 Å². The molecule has 0 saturated heterocycles. The Morgan fingerprint density at radius 2 is 2.00 bits per heavy atom. The summed E-state index contributed by atoms with van der Waals surface area (Å²) in [5.74, 6) is 0.508. The number of hydrogen-bond acceptors (Lipinski definition) is 4. The summed E-state index contributed by atoms with van der Waals surface area (Å²) in [6.07, 6.45) is 0.733. The zero-order valence-corrected chi connectivity index (χ0v) is 14.0. The van der Waals surface area contributed by atoms with Crippen LogP contribution in [0.2, 0.25) is 0 Å². The van der Waals surface area contributed by atoms with Gasteiger partial charge in [-0.1, -0.05) is 0 Å². The van der Waals surface area contributed by atoms with Gasteiger partial charge in [0.05, 0.1) is 12.0 Å². The van der Waals surface area contributed by atoms with Gasteiger partial charge >= 0.3 is 0 Å². The van der Waals surface area contributed by atoms with Crippen molar-refractivity contribution >= 4 is 38.4 Å². The van der Waals surface area contributed by atoms with Gasteiger partial charge in [-0.3, -0.25) is 0 Å². The molecule has 0 radical (unpaired) electrons. The third-order valence-corrected chi connectivity index (χ3v) is 4.78. The van der Waals surface area contributed by atoms with Gasteiger partial charge in [0.15, 0.2) is 0 Å². The fourth-order valence-corrected chi connectivity index (χ4v) is 3.42. The molecule has 1 aromatic carbocycles. The summed E-state index contributed by atoms with van der Waals surface area (Å²) in [6.45, 7) is 1.16. The third kappa shape index (κ3) is 5.66. The average Bonchev–Trinajstić information content (AvgIpc) is 2.35. The highest BCUT2D eigenvalue weighted by Gasteiger charge is 2.17. The van der Waals surface area contributed by atoms with Gasteiger partial charge < -0.3 is 10.1 Å². The van der Waals surface area contributed by atoms with Crippen molar-refractivity contribution in [3.05, 3.63) is 22.7 Å². The van der Waals surface area contributed by atoms with E-state index in [0.717, 1.165) is 13.0 Å². The lowest BCUT2D eigenvalue weighted by molar-refractivity contribution is 0.413. The molecule has 110 valence electrons. The van der Waals surface area contributed by atoms with Crippen LogP contribution in [0.25, 0.3) is 0 Å². The number of ether oxygens (including phenoxy) is 1. The van der Waals surface area contributed by atoms with Crippen LogP contribution in [0.4, 0.5) is 0 Å². The van der Waals surface area contributed by atoms with Gasteiger partial charge in [0.25, 0.3) is 0 Å². The van der Waals surface area contributed by atoms with Crippen LogP contribution >= 0.6 is 28.3 Å². The Labute approximate surface area is 128 Å². The smallest absolute Gasteiger partial charge is 0.241 e. The molecule has 1 rings (SSSR count). The van der Waals surface area contributed by atoms with E-state index >= 15 is 0 Å². The van der Waals surface area contributed by atoms with E-state index in [2.05, 4.69) is 26.0 Å². The van der Waals surface area contributed by atoms with Crippen LogP contribution < -0.4 is 14.8 Å². The predicted molar refractivity (Wildman–Crippen MR) is 81.7 cm³/mol. The minimum atomic E-state index is -3.51. The van der Waals surface area contributed by atoms with Crippen molar-refractivity contribution < 1.29 is 13.2 Å². The molecular weight excluding hydrogens is 356 g/mol. The van der Waals surface area contributed by atoms with Crippen molar-refractivity contribution in [2.24, 2.45) is 0 Å². The van der Waals surface area contributed by atoms with Crippen LogP contribution in [0.5, 0.6) is 5.75 Å². The molecule has 0 aliphatic heterocycles. The van der Waals surface area contributed by atoms with Gasteiger partial charge in [0.2, 0.25) is 10.0 Å². The molecule has 0 spiro atoms. The van der Waals surface area contributed by atoms with Gasteiger partial charge in [0.1, 0.15) is 5.75 Å². The standard InChI is InChI=1S/C11H17BrN2O3S.ClH/c1-13-6-3-7-14-18(15,16)11-8-9(17-2)4-5-10(11)12;/h4-5,8,13-14H,3,6-7H2,1-2H3;1H. The van der Waals surface area contributed by atoms with Crippen LogP contribution in [0.15, 0.2) is 27.6 Å². The molecule has 8 heteroatoms. The number of hydrogen-bond donors (Lipinski definition) is 2. The topological polar surface area (TPSA) is 67.4 Å². The molecule has 19 heavy (non-hydrogen) atoms. The van der Waals surface area contributed by atoms with E-state index in [1.165, 1.54) is 13.2 Å². The molecule has 0 aliphatic rings. The average molecular weight is 374 g/mol. The van der Waals surface area contributed by atoms with Crippen LogP contribution in [0.1, 0.15) is 6.42 Å². The highest BCUT2D eigenvalue weighted by Crippen LogP contribution is 2.26. The van der Waals surface area contributed by atoms with E-state index in [1.54, 1.807) is 12.1 Å². The molecule has 0 unspecified atom stereocenters. The number of sulfonamides is 1. The molecule has 0 saturated carbocycles. The third-order valence-electron chi connectivity index (χ3n) is 2.32. The zero-order valence-electron chi connectivity index (χ0n) is 10.8. The van der Waals surface area contributed by atoms with Crippen molar-refractivity contribution in [2.45, 2.75) is 11.3 Å². The van der Waals surface area contributed by atoms with Crippen LogP contribution in [0.3, 0.4) is 0 Å². The van der Waals surface area contributed by atoms with E-state index < -0.39 is 10.0 Å². The second-order valence-electron chi connectivity index (χ2n) is 3.65. The Bertz CT molecular complexity index is 497. The summed E-state index contributed by atoms with van der Waals surface area (Å²) in [5, 5.41) is 2.96. The van der Waals surface area contributed by atoms with E-state index in [4.69, 9.17) is 4.74 Å². The molecule has 2 N–H and O–H groups in total. The van der Waals surface area contributed by atoms with Crippen molar-refractivity contribution in [2.75, 3.05) is 27.2 Å². The first-order valence-electron chi connectivity index (χ1n) is 5.49. The number of methoxy groups -OCH3 is 1. The summed E-state index contributed by atoms with van der Waals surface area (Å²) in [6, 6.07) is 4.84. The quantitative estimate of drug-likeness (QED) is 0.715. The van der Waals surface area contributed by atoms with Crippen LogP contribution in [-0.2, 0) is 10.0 Å². The monoisotopic (exact) mass is 372 g/mol. The molecule has 0 amide bonds. The second-order valence-corrected chi connectivity index (χ2v) is 6.24. The second kappa shape index (κ2) is 8.76. The largest absolute Gasteiger partial charge is 0.497 e. The first-order valence-corrected chi connectivity index (χ1v) is 7.76. The van der Waals surface area contributed by atoms with Gasteiger partial charge in [-0.25, -0.2) is 13.1 Å². The minimum Gasteiger partial charge on any atom is -0.497 e. The Kier molecular flexibility index (Phi) is 8.60.